The van der Waals surface area contributed by atoms with Crippen LogP contribution in [0.15, 0.2) is 54.6 Å². The first-order valence-electron chi connectivity index (χ1n) is 6.57. The Morgan fingerprint density at radius 1 is 1.14 bits per heavy atom. The number of hydrogen-bond acceptors (Lipinski definition) is 2. The third kappa shape index (κ3) is 4.57. The van der Waals surface area contributed by atoms with E-state index in [1.54, 1.807) is 7.11 Å². The van der Waals surface area contributed by atoms with Crippen LogP contribution in [0, 0.1) is 5.82 Å². The molecule has 2 aromatic rings. The Bertz CT molecular complexity index is 573. The maximum Gasteiger partial charge on any atom is 0.319 e. The van der Waals surface area contributed by atoms with E-state index in [1.807, 2.05) is 30.3 Å². The van der Waals surface area contributed by atoms with Crippen LogP contribution in [0.3, 0.4) is 0 Å². The lowest BCUT2D eigenvalue weighted by Gasteiger charge is -2.16. The molecule has 0 radical (unpaired) electrons. The molecule has 2 N–H and O–H groups in total. The standard InChI is InChI=1S/C16H17FN2O2/c1-21-15(12-5-3-2-4-6-12)11-18-16(20)19-14-9-7-13(17)8-10-14/h2-10,15H,11H2,1H3,(H2,18,19,20)/t15-/m0/s1. The zero-order valence-electron chi connectivity index (χ0n) is 11.7. The summed E-state index contributed by atoms with van der Waals surface area (Å²) in [5, 5.41) is 5.35. The van der Waals surface area contributed by atoms with Crippen molar-refractivity contribution in [2.24, 2.45) is 0 Å². The fourth-order valence-electron chi connectivity index (χ4n) is 1.90. The van der Waals surface area contributed by atoms with Crippen LogP contribution in [-0.4, -0.2) is 19.7 Å². The van der Waals surface area contributed by atoms with Crippen LogP contribution in [0.5, 0.6) is 0 Å². The molecule has 2 amide bonds. The fraction of sp³-hybridized carbons (Fsp3) is 0.188. The molecule has 0 unspecified atom stereocenters. The molecular formula is C16H17FN2O2. The Labute approximate surface area is 122 Å². The molecule has 4 nitrogen and oxygen atoms in total. The summed E-state index contributed by atoms with van der Waals surface area (Å²) < 4.78 is 18.1. The zero-order valence-corrected chi connectivity index (χ0v) is 11.7. The van der Waals surface area contributed by atoms with E-state index in [9.17, 15) is 9.18 Å². The topological polar surface area (TPSA) is 50.4 Å². The highest BCUT2D eigenvalue weighted by Crippen LogP contribution is 2.15. The van der Waals surface area contributed by atoms with Gasteiger partial charge in [0.15, 0.2) is 0 Å². The number of halogens is 1. The summed E-state index contributed by atoms with van der Waals surface area (Å²) in [6.45, 7) is 0.341. The van der Waals surface area contributed by atoms with Gasteiger partial charge in [0.05, 0.1) is 6.10 Å². The summed E-state index contributed by atoms with van der Waals surface area (Å²) in [6, 6.07) is 14.8. The smallest absolute Gasteiger partial charge is 0.319 e. The van der Waals surface area contributed by atoms with E-state index < -0.39 is 0 Å². The summed E-state index contributed by atoms with van der Waals surface area (Å²) in [5.41, 5.74) is 1.52. The molecule has 1 atom stereocenters. The number of anilines is 1. The van der Waals surface area contributed by atoms with Gasteiger partial charge in [-0.1, -0.05) is 30.3 Å². The van der Waals surface area contributed by atoms with Gasteiger partial charge < -0.3 is 15.4 Å². The molecule has 0 aromatic heterocycles. The number of nitrogens with one attached hydrogen (secondary N) is 2. The van der Waals surface area contributed by atoms with Gasteiger partial charge in [-0.2, -0.15) is 0 Å². The highest BCUT2D eigenvalue weighted by atomic mass is 19.1. The summed E-state index contributed by atoms with van der Waals surface area (Å²) in [7, 11) is 1.59. The van der Waals surface area contributed by atoms with E-state index in [4.69, 9.17) is 4.74 Å². The molecular weight excluding hydrogens is 271 g/mol. The van der Waals surface area contributed by atoms with Gasteiger partial charge >= 0.3 is 6.03 Å². The first-order chi connectivity index (χ1) is 10.2. The van der Waals surface area contributed by atoms with Crippen LogP contribution in [0.2, 0.25) is 0 Å². The van der Waals surface area contributed by atoms with Crippen molar-refractivity contribution in [3.63, 3.8) is 0 Å². The molecule has 0 saturated heterocycles. The van der Waals surface area contributed by atoms with Crippen molar-refractivity contribution in [3.8, 4) is 0 Å². The monoisotopic (exact) mass is 288 g/mol. The van der Waals surface area contributed by atoms with E-state index >= 15 is 0 Å². The first-order valence-corrected chi connectivity index (χ1v) is 6.57. The lowest BCUT2D eigenvalue weighted by molar-refractivity contribution is 0.104. The number of benzene rings is 2. The average Bonchev–Trinajstić information content (AvgIpc) is 2.51. The van der Waals surface area contributed by atoms with Crippen LogP contribution >= 0.6 is 0 Å². The minimum Gasteiger partial charge on any atom is -0.375 e. The maximum atomic E-state index is 12.8. The third-order valence-corrected chi connectivity index (χ3v) is 3.01. The van der Waals surface area contributed by atoms with Gasteiger partial charge in [0.2, 0.25) is 0 Å². The number of ether oxygens (including phenoxy) is 1. The molecule has 0 spiro atoms. The van der Waals surface area contributed by atoms with Crippen molar-refractivity contribution in [1.82, 2.24) is 5.32 Å². The Morgan fingerprint density at radius 2 is 1.81 bits per heavy atom. The number of methoxy groups -OCH3 is 1. The minimum absolute atomic E-state index is 0.217. The molecule has 0 bridgehead atoms. The van der Waals surface area contributed by atoms with Crippen LogP contribution in [-0.2, 0) is 4.74 Å². The molecule has 21 heavy (non-hydrogen) atoms. The highest BCUT2D eigenvalue weighted by molar-refractivity contribution is 5.89. The van der Waals surface area contributed by atoms with Crippen LogP contribution in [0.4, 0.5) is 14.9 Å². The fourth-order valence-corrected chi connectivity index (χ4v) is 1.90. The highest BCUT2D eigenvalue weighted by Gasteiger charge is 2.11. The molecule has 0 fully saturated rings. The van der Waals surface area contributed by atoms with Crippen LogP contribution in [0.25, 0.3) is 0 Å². The second-order valence-electron chi connectivity index (χ2n) is 4.48. The Hall–Kier alpha value is -2.40. The number of hydrogen-bond donors (Lipinski definition) is 2. The van der Waals surface area contributed by atoms with Crippen molar-refractivity contribution < 1.29 is 13.9 Å². The third-order valence-electron chi connectivity index (χ3n) is 3.01. The SMILES string of the molecule is CO[C@@H](CNC(=O)Nc1ccc(F)cc1)c1ccccc1. The number of carbonyl (C=O) groups is 1. The van der Waals surface area contributed by atoms with E-state index in [1.165, 1.54) is 24.3 Å². The number of rotatable bonds is 5. The molecule has 2 rings (SSSR count). The van der Waals surface area contributed by atoms with Gasteiger partial charge in [-0.3, -0.25) is 0 Å². The lowest BCUT2D eigenvalue weighted by atomic mass is 10.1. The van der Waals surface area contributed by atoms with Crippen LogP contribution < -0.4 is 10.6 Å². The molecule has 0 aliphatic carbocycles. The second-order valence-corrected chi connectivity index (χ2v) is 4.48. The predicted octanol–water partition coefficient (Wildman–Crippen LogP) is 3.33. The molecule has 0 aliphatic heterocycles. The Kier molecular flexibility index (Phi) is 5.29. The molecule has 0 saturated carbocycles. The van der Waals surface area contributed by atoms with Gasteiger partial charge in [-0.15, -0.1) is 0 Å². The van der Waals surface area contributed by atoms with E-state index in [-0.39, 0.29) is 18.0 Å². The predicted molar refractivity (Wildman–Crippen MR) is 79.6 cm³/mol. The van der Waals surface area contributed by atoms with Gasteiger partial charge in [-0.05, 0) is 29.8 Å². The first kappa shape index (κ1) is 15.0. The Balaban J connectivity index is 1.86. The number of urea groups is 1. The van der Waals surface area contributed by atoms with E-state index in [0.717, 1.165) is 5.56 Å². The summed E-state index contributed by atoms with van der Waals surface area (Å²) >= 11 is 0. The second kappa shape index (κ2) is 7.40. The van der Waals surface area contributed by atoms with Crippen molar-refractivity contribution >= 4 is 11.7 Å². The Morgan fingerprint density at radius 3 is 2.43 bits per heavy atom. The van der Waals surface area contributed by atoms with Gasteiger partial charge in [0.1, 0.15) is 5.82 Å². The summed E-state index contributed by atoms with van der Waals surface area (Å²) in [6.07, 6.45) is -0.217. The van der Waals surface area contributed by atoms with Gasteiger partial charge in [0, 0.05) is 19.3 Å². The quantitative estimate of drug-likeness (QED) is 0.886. The number of carbonyl (C=O) groups excluding carboxylic acids is 1. The summed E-state index contributed by atoms with van der Waals surface area (Å²) in [5.74, 6) is -0.343. The van der Waals surface area contributed by atoms with E-state index in [0.29, 0.717) is 12.2 Å². The van der Waals surface area contributed by atoms with Gasteiger partial charge in [0.25, 0.3) is 0 Å². The molecule has 0 aliphatic rings. The van der Waals surface area contributed by atoms with Crippen molar-refractivity contribution in [2.45, 2.75) is 6.10 Å². The molecule has 2 aromatic carbocycles. The normalized spacial score (nSPS) is 11.7. The zero-order chi connectivity index (χ0) is 15.1. The van der Waals surface area contributed by atoms with Crippen molar-refractivity contribution in [3.05, 3.63) is 66.0 Å². The lowest BCUT2D eigenvalue weighted by Crippen LogP contribution is -2.32. The van der Waals surface area contributed by atoms with Crippen LogP contribution in [0.1, 0.15) is 11.7 Å². The number of amides is 2. The van der Waals surface area contributed by atoms with Gasteiger partial charge in [-0.25, -0.2) is 9.18 Å². The molecule has 5 heteroatoms. The largest absolute Gasteiger partial charge is 0.375 e. The van der Waals surface area contributed by atoms with Crippen molar-refractivity contribution in [1.29, 1.82) is 0 Å². The molecule has 110 valence electrons. The maximum absolute atomic E-state index is 12.8. The average molecular weight is 288 g/mol. The van der Waals surface area contributed by atoms with Crippen molar-refractivity contribution in [2.75, 3.05) is 19.0 Å². The molecule has 0 heterocycles. The summed E-state index contributed by atoms with van der Waals surface area (Å²) in [4.78, 5) is 11.8. The minimum atomic E-state index is -0.361. The van der Waals surface area contributed by atoms with E-state index in [2.05, 4.69) is 10.6 Å².